The Morgan fingerprint density at radius 1 is 0.387 bits per heavy atom. The maximum atomic E-state index is 6.53. The highest BCUT2D eigenvalue weighted by molar-refractivity contribution is 6.15. The molecule has 0 unspecified atom stereocenters. The minimum absolute atomic E-state index is 0.885. The van der Waals surface area contributed by atoms with E-state index in [1.807, 2.05) is 6.08 Å². The molecule has 0 saturated heterocycles. The minimum atomic E-state index is 0.885. The number of fused-ring (bicyclic) bond motifs is 6. The Kier molecular flexibility index (Phi) is 9.37. The van der Waals surface area contributed by atoms with E-state index in [4.69, 9.17) is 4.42 Å². The van der Waals surface area contributed by atoms with Gasteiger partial charge in [-0.05, 0) is 121 Å². The van der Waals surface area contributed by atoms with Crippen molar-refractivity contribution in [1.82, 2.24) is 0 Å². The standard InChI is InChI=1S/C60H41NO/c1-2-3-12-41-13-10-17-47(37-41)45-25-23-43(24-26-45)44-29-33-52(34-30-44)61(53-19-11-18-49(39-53)50-28-27-42-14-4-5-16-48(42)38-50)58-22-9-8-20-54(58)51-32-36-59-57(40-51)56-35-31-46-15-6-7-21-55(46)60(56)62-59/h2-40H,1H2/b12-3-. The van der Waals surface area contributed by atoms with E-state index in [0.29, 0.717) is 0 Å². The number of rotatable bonds is 9. The van der Waals surface area contributed by atoms with Crippen molar-refractivity contribution in [3.05, 3.63) is 243 Å². The first kappa shape index (κ1) is 36.8. The Morgan fingerprint density at radius 3 is 1.84 bits per heavy atom. The maximum absolute atomic E-state index is 6.53. The van der Waals surface area contributed by atoms with Crippen LogP contribution in [0.4, 0.5) is 17.1 Å². The van der Waals surface area contributed by atoms with Gasteiger partial charge in [0.25, 0.3) is 0 Å². The van der Waals surface area contributed by atoms with E-state index >= 15 is 0 Å². The highest BCUT2D eigenvalue weighted by atomic mass is 16.3. The molecule has 0 atom stereocenters. The summed E-state index contributed by atoms with van der Waals surface area (Å²) in [6.45, 7) is 3.81. The molecule has 0 aliphatic carbocycles. The van der Waals surface area contributed by atoms with E-state index in [0.717, 1.165) is 72.2 Å². The average molecular weight is 792 g/mol. The molecule has 0 saturated carbocycles. The predicted octanol–water partition coefficient (Wildman–Crippen LogP) is 17.2. The molecular weight excluding hydrogens is 751 g/mol. The van der Waals surface area contributed by atoms with Crippen molar-refractivity contribution in [2.75, 3.05) is 4.90 Å². The van der Waals surface area contributed by atoms with E-state index < -0.39 is 0 Å². The maximum Gasteiger partial charge on any atom is 0.143 e. The fourth-order valence-electron chi connectivity index (χ4n) is 8.86. The highest BCUT2D eigenvalue weighted by Gasteiger charge is 2.20. The molecule has 2 heteroatoms. The first-order chi connectivity index (χ1) is 30.7. The summed E-state index contributed by atoms with van der Waals surface area (Å²) in [4.78, 5) is 2.39. The summed E-state index contributed by atoms with van der Waals surface area (Å²) in [5.41, 5.74) is 15.5. The van der Waals surface area contributed by atoms with Gasteiger partial charge in [0, 0.05) is 33.1 Å². The first-order valence-electron chi connectivity index (χ1n) is 21.1. The van der Waals surface area contributed by atoms with Crippen LogP contribution in [0.3, 0.4) is 0 Å². The van der Waals surface area contributed by atoms with Crippen LogP contribution in [0.5, 0.6) is 0 Å². The summed E-state index contributed by atoms with van der Waals surface area (Å²) in [7, 11) is 0. The molecule has 2 nitrogen and oxygen atoms in total. The quantitative estimate of drug-likeness (QED) is 0.135. The van der Waals surface area contributed by atoms with Gasteiger partial charge in [-0.15, -0.1) is 0 Å². The second-order valence-corrected chi connectivity index (χ2v) is 15.8. The number of para-hydroxylation sites is 1. The van der Waals surface area contributed by atoms with Gasteiger partial charge in [0.1, 0.15) is 11.2 Å². The van der Waals surface area contributed by atoms with Gasteiger partial charge in [-0.3, -0.25) is 0 Å². The second kappa shape index (κ2) is 15.8. The fourth-order valence-corrected chi connectivity index (χ4v) is 8.86. The van der Waals surface area contributed by atoms with Crippen LogP contribution in [0.2, 0.25) is 0 Å². The number of anilines is 3. The Hall–Kier alpha value is -8.20. The van der Waals surface area contributed by atoms with Crippen molar-refractivity contribution in [3.63, 3.8) is 0 Å². The summed E-state index contributed by atoms with van der Waals surface area (Å²) >= 11 is 0. The van der Waals surface area contributed by atoms with Crippen LogP contribution < -0.4 is 4.90 Å². The zero-order valence-corrected chi connectivity index (χ0v) is 34.1. The van der Waals surface area contributed by atoms with Crippen LogP contribution in [-0.2, 0) is 0 Å². The Balaban J connectivity index is 1.01. The fraction of sp³-hybridized carbons (Fsp3) is 0. The number of allylic oxidation sites excluding steroid dienone is 2. The highest BCUT2D eigenvalue weighted by Crippen LogP contribution is 2.44. The Bertz CT molecular complexity index is 3480. The lowest BCUT2D eigenvalue weighted by Crippen LogP contribution is -2.11. The number of nitrogens with zero attached hydrogens (tertiary/aromatic N) is 1. The molecule has 0 spiro atoms. The van der Waals surface area contributed by atoms with Gasteiger partial charge in [-0.2, -0.15) is 0 Å². The molecular formula is C60H41NO. The molecule has 292 valence electrons. The van der Waals surface area contributed by atoms with Gasteiger partial charge < -0.3 is 9.32 Å². The third kappa shape index (κ3) is 6.84. The molecule has 10 aromatic carbocycles. The zero-order valence-electron chi connectivity index (χ0n) is 34.1. The van der Waals surface area contributed by atoms with Gasteiger partial charge in [0.15, 0.2) is 0 Å². The molecule has 0 aliphatic rings. The second-order valence-electron chi connectivity index (χ2n) is 15.8. The molecule has 0 amide bonds. The van der Waals surface area contributed by atoms with Crippen molar-refractivity contribution < 1.29 is 4.42 Å². The number of benzene rings is 10. The van der Waals surface area contributed by atoms with Crippen molar-refractivity contribution in [3.8, 4) is 44.5 Å². The van der Waals surface area contributed by atoms with Gasteiger partial charge in [0.05, 0.1) is 5.69 Å². The van der Waals surface area contributed by atoms with Crippen molar-refractivity contribution in [2.45, 2.75) is 0 Å². The Morgan fingerprint density at radius 2 is 1.02 bits per heavy atom. The zero-order chi connectivity index (χ0) is 41.4. The van der Waals surface area contributed by atoms with Crippen LogP contribution in [0.15, 0.2) is 242 Å². The van der Waals surface area contributed by atoms with Gasteiger partial charge in [0.2, 0.25) is 0 Å². The van der Waals surface area contributed by atoms with Crippen molar-refractivity contribution in [2.24, 2.45) is 0 Å². The summed E-state index contributed by atoms with van der Waals surface area (Å²) in [6, 6.07) is 78.8. The largest absolute Gasteiger partial charge is 0.455 e. The molecule has 11 rings (SSSR count). The third-order valence-electron chi connectivity index (χ3n) is 12.0. The molecule has 62 heavy (non-hydrogen) atoms. The third-order valence-corrected chi connectivity index (χ3v) is 12.0. The molecule has 0 aliphatic heterocycles. The molecule has 0 fully saturated rings. The van der Waals surface area contributed by atoms with Crippen LogP contribution >= 0.6 is 0 Å². The molecule has 0 bridgehead atoms. The lowest BCUT2D eigenvalue weighted by Gasteiger charge is -2.28. The smallest absolute Gasteiger partial charge is 0.143 e. The monoisotopic (exact) mass is 791 g/mol. The SMILES string of the molecule is C=C/C=C\c1cccc(-c2ccc(-c3ccc(N(c4cccc(-c5ccc6ccccc6c5)c4)c4ccccc4-c4ccc5oc6c7ccccc7ccc6c5c4)cc3)cc2)c1. The summed E-state index contributed by atoms with van der Waals surface area (Å²) in [6.07, 6.45) is 5.85. The lowest BCUT2D eigenvalue weighted by molar-refractivity contribution is 0.672. The topological polar surface area (TPSA) is 16.4 Å². The van der Waals surface area contributed by atoms with E-state index in [1.54, 1.807) is 6.08 Å². The van der Waals surface area contributed by atoms with E-state index in [2.05, 4.69) is 236 Å². The molecule has 0 N–H and O–H groups in total. The van der Waals surface area contributed by atoms with Crippen molar-refractivity contribution in [1.29, 1.82) is 0 Å². The number of hydrogen-bond acceptors (Lipinski definition) is 2. The summed E-state index contributed by atoms with van der Waals surface area (Å²) in [5.74, 6) is 0. The number of hydrogen-bond donors (Lipinski definition) is 0. The van der Waals surface area contributed by atoms with Crippen LogP contribution in [-0.4, -0.2) is 0 Å². The Labute approximate surface area is 361 Å². The van der Waals surface area contributed by atoms with Crippen LogP contribution in [0.1, 0.15) is 5.56 Å². The average Bonchev–Trinajstić information content (AvgIpc) is 3.73. The van der Waals surface area contributed by atoms with Crippen LogP contribution in [0, 0.1) is 0 Å². The molecule has 0 radical (unpaired) electrons. The van der Waals surface area contributed by atoms with Gasteiger partial charge in [-0.1, -0.05) is 183 Å². The normalized spacial score (nSPS) is 11.5. The van der Waals surface area contributed by atoms with Crippen molar-refractivity contribution >= 4 is 66.6 Å². The van der Waals surface area contributed by atoms with Gasteiger partial charge in [-0.25, -0.2) is 0 Å². The molecule has 1 heterocycles. The van der Waals surface area contributed by atoms with E-state index in [1.165, 1.54) is 38.4 Å². The van der Waals surface area contributed by atoms with Gasteiger partial charge >= 0.3 is 0 Å². The van der Waals surface area contributed by atoms with E-state index in [-0.39, 0.29) is 0 Å². The summed E-state index contributed by atoms with van der Waals surface area (Å²) < 4.78 is 6.53. The van der Waals surface area contributed by atoms with E-state index in [9.17, 15) is 0 Å². The lowest BCUT2D eigenvalue weighted by atomic mass is 9.97. The molecule has 1 aromatic heterocycles. The summed E-state index contributed by atoms with van der Waals surface area (Å²) in [5, 5.41) is 6.99. The molecule has 11 aromatic rings. The van der Waals surface area contributed by atoms with Crippen LogP contribution in [0.25, 0.3) is 94.1 Å². The number of furan rings is 1. The predicted molar refractivity (Wildman–Crippen MR) is 264 cm³/mol. The minimum Gasteiger partial charge on any atom is -0.455 e. The first-order valence-corrected chi connectivity index (χ1v) is 21.1.